The first-order valence-corrected chi connectivity index (χ1v) is 13.8. The van der Waals surface area contributed by atoms with Crippen LogP contribution in [-0.2, 0) is 32.7 Å². The normalized spacial score (nSPS) is 12.2. The molecule has 8 nitrogen and oxygen atoms in total. The molecule has 5 rings (SSSR count). The minimum Gasteiger partial charge on any atom is -0.478 e. The Labute approximate surface area is 236 Å². The number of hydrogen-bond donors (Lipinski definition) is 1. The second-order valence-electron chi connectivity index (χ2n) is 11.4. The number of benzene rings is 2. The van der Waals surface area contributed by atoms with Crippen LogP contribution in [0.2, 0.25) is 0 Å². The van der Waals surface area contributed by atoms with Crippen LogP contribution in [0.4, 0.5) is 0 Å². The van der Waals surface area contributed by atoms with Crippen molar-refractivity contribution in [3.8, 4) is 16.5 Å². The van der Waals surface area contributed by atoms with Crippen molar-refractivity contribution in [3.05, 3.63) is 70.9 Å². The number of carboxylic acids is 1. The van der Waals surface area contributed by atoms with Crippen LogP contribution in [0.1, 0.15) is 51.4 Å². The molecule has 0 saturated carbocycles. The first-order chi connectivity index (χ1) is 18.8. The zero-order valence-corrected chi connectivity index (χ0v) is 24.2. The van der Waals surface area contributed by atoms with Gasteiger partial charge in [0.05, 0.1) is 19.2 Å². The van der Waals surface area contributed by atoms with E-state index in [2.05, 4.69) is 36.8 Å². The Hall–Kier alpha value is -4.11. The first-order valence-electron chi connectivity index (χ1n) is 12.9. The Morgan fingerprint density at radius 2 is 1.85 bits per heavy atom. The number of aliphatic carboxylic acids is 1. The van der Waals surface area contributed by atoms with Gasteiger partial charge >= 0.3 is 11.9 Å². The van der Waals surface area contributed by atoms with Gasteiger partial charge < -0.3 is 23.6 Å². The minimum atomic E-state index is -1.40. The zero-order chi connectivity index (χ0) is 28.8. The van der Waals surface area contributed by atoms with E-state index in [1.807, 2.05) is 30.5 Å². The summed E-state index contributed by atoms with van der Waals surface area (Å²) < 4.78 is 18.8. The number of fused-ring (bicyclic) bond motifs is 2. The lowest BCUT2D eigenvalue weighted by Gasteiger charge is -2.21. The average Bonchev–Trinajstić information content (AvgIpc) is 3.61. The molecule has 0 aliphatic carbocycles. The van der Waals surface area contributed by atoms with Gasteiger partial charge in [-0.1, -0.05) is 26.8 Å². The molecular weight excluding hydrogens is 528 g/mol. The quantitative estimate of drug-likeness (QED) is 0.208. The Morgan fingerprint density at radius 3 is 2.52 bits per heavy atom. The van der Waals surface area contributed by atoms with Crippen molar-refractivity contribution in [2.24, 2.45) is 0 Å². The average molecular weight is 561 g/mol. The summed E-state index contributed by atoms with van der Waals surface area (Å²) in [6.45, 7) is 9.97. The van der Waals surface area contributed by atoms with E-state index in [0.717, 1.165) is 49.5 Å². The molecule has 1 N–H and O–H groups in total. The highest BCUT2D eigenvalue weighted by molar-refractivity contribution is 7.13. The van der Waals surface area contributed by atoms with Crippen LogP contribution in [0, 0.1) is 0 Å². The molecule has 0 aliphatic rings. The maximum atomic E-state index is 12.2. The van der Waals surface area contributed by atoms with Gasteiger partial charge in [0, 0.05) is 39.8 Å². The van der Waals surface area contributed by atoms with Crippen LogP contribution in [0.5, 0.6) is 5.75 Å². The second kappa shape index (κ2) is 10.1. The Bertz CT molecular complexity index is 1730. The largest absolute Gasteiger partial charge is 0.478 e. The first kappa shape index (κ1) is 27.5. The maximum absolute atomic E-state index is 12.2. The molecular formula is C31H32N2O6S. The third-order valence-corrected chi connectivity index (χ3v) is 7.66. The molecule has 0 atom stereocenters. The van der Waals surface area contributed by atoms with Crippen molar-refractivity contribution < 1.29 is 28.6 Å². The maximum Gasteiger partial charge on any atom is 0.347 e. The number of hydrogen-bond acceptors (Lipinski definition) is 7. The number of carbonyl (C=O) groups is 2. The van der Waals surface area contributed by atoms with Gasteiger partial charge in [-0.3, -0.25) is 4.79 Å². The van der Waals surface area contributed by atoms with Crippen LogP contribution >= 0.6 is 11.3 Å². The molecule has 0 saturated heterocycles. The number of rotatable bonds is 8. The predicted octanol–water partition coefficient (Wildman–Crippen LogP) is 6.81. The monoisotopic (exact) mass is 560 g/mol. The van der Waals surface area contributed by atoms with Crippen molar-refractivity contribution in [1.82, 2.24) is 9.55 Å². The summed E-state index contributed by atoms with van der Waals surface area (Å²) in [6.07, 6.45) is 2.02. The fourth-order valence-corrected chi connectivity index (χ4v) is 5.47. The van der Waals surface area contributed by atoms with E-state index in [0.29, 0.717) is 12.3 Å². The van der Waals surface area contributed by atoms with Gasteiger partial charge in [-0.2, -0.15) is 0 Å². The molecule has 0 amide bonds. The molecule has 0 fully saturated rings. The Kier molecular flexibility index (Phi) is 6.95. The van der Waals surface area contributed by atoms with Crippen LogP contribution in [0.3, 0.4) is 0 Å². The van der Waals surface area contributed by atoms with E-state index >= 15 is 0 Å². The van der Waals surface area contributed by atoms with Crippen molar-refractivity contribution >= 4 is 45.1 Å². The van der Waals surface area contributed by atoms with E-state index < -0.39 is 11.6 Å². The third-order valence-electron chi connectivity index (χ3n) is 6.80. The summed E-state index contributed by atoms with van der Waals surface area (Å²) in [5.74, 6) is -0.271. The number of nitrogens with zero attached hydrogens (tertiary/aromatic N) is 2. The summed E-state index contributed by atoms with van der Waals surface area (Å²) in [6, 6.07) is 13.5. The van der Waals surface area contributed by atoms with Gasteiger partial charge in [0.2, 0.25) is 0 Å². The van der Waals surface area contributed by atoms with Gasteiger partial charge in [-0.05, 0) is 61.4 Å². The van der Waals surface area contributed by atoms with Crippen molar-refractivity contribution in [2.45, 2.75) is 58.6 Å². The van der Waals surface area contributed by atoms with E-state index in [9.17, 15) is 14.7 Å². The lowest BCUT2D eigenvalue weighted by Crippen LogP contribution is -2.37. The predicted molar refractivity (Wildman–Crippen MR) is 155 cm³/mol. The number of esters is 1. The van der Waals surface area contributed by atoms with Gasteiger partial charge in [-0.15, -0.1) is 11.3 Å². The highest BCUT2D eigenvalue weighted by Gasteiger charge is 2.29. The lowest BCUT2D eigenvalue weighted by atomic mass is 9.93. The van der Waals surface area contributed by atoms with E-state index in [4.69, 9.17) is 18.9 Å². The molecule has 0 aliphatic heterocycles. The summed E-state index contributed by atoms with van der Waals surface area (Å²) in [4.78, 5) is 28.5. The van der Waals surface area contributed by atoms with E-state index in [1.165, 1.54) is 21.0 Å². The fourth-order valence-electron chi connectivity index (χ4n) is 4.48. The number of carbonyl (C=O) groups excluding carboxylic acids is 1. The summed E-state index contributed by atoms with van der Waals surface area (Å²) in [7, 11) is 1.36. The van der Waals surface area contributed by atoms with Gasteiger partial charge in [0.1, 0.15) is 11.3 Å². The summed E-state index contributed by atoms with van der Waals surface area (Å²) in [5, 5.41) is 14.2. The number of ether oxygens (including phenoxy) is 2. The smallest absolute Gasteiger partial charge is 0.347 e. The topological polar surface area (TPSA) is 104 Å². The fraction of sp³-hybridized carbons (Fsp3) is 0.323. The number of furan rings is 1. The number of methoxy groups -OCH3 is 1. The molecule has 0 bridgehead atoms. The SMILES string of the molecule is COC(=O)Cc1cn(Cc2ccc3oc(-c4nc(C(C)(C)C)cs4)cc3c2)c2ccc(OC(C)(C)C(=O)O)cc12. The van der Waals surface area contributed by atoms with Crippen molar-refractivity contribution in [2.75, 3.05) is 7.11 Å². The molecule has 5 aromatic rings. The molecule has 0 unspecified atom stereocenters. The van der Waals surface area contributed by atoms with Crippen LogP contribution in [0.25, 0.3) is 32.6 Å². The standard InChI is InChI=1S/C31H32N2O6S/c1-30(2,3)26-17-40-28(32-26)25-12-19-11-18(7-10-24(19)38-25)15-33-16-20(13-27(34)37-6)22-14-21(8-9-23(22)33)39-31(4,5)29(35)36/h7-12,14,16-17H,13,15H2,1-6H3,(H,35,36). The highest BCUT2D eigenvalue weighted by atomic mass is 32.1. The number of carboxylic acid groups (broad SMARTS) is 1. The van der Waals surface area contributed by atoms with E-state index in [1.54, 1.807) is 23.5 Å². The molecule has 2 aromatic carbocycles. The van der Waals surface area contributed by atoms with Crippen LogP contribution < -0.4 is 4.74 Å². The lowest BCUT2D eigenvalue weighted by molar-refractivity contribution is -0.152. The second-order valence-corrected chi connectivity index (χ2v) is 12.3. The molecule has 0 radical (unpaired) electrons. The molecule has 208 valence electrons. The van der Waals surface area contributed by atoms with Crippen LogP contribution in [-0.4, -0.2) is 39.3 Å². The van der Waals surface area contributed by atoms with Gasteiger partial charge in [-0.25, -0.2) is 9.78 Å². The number of thiazole rings is 1. The van der Waals surface area contributed by atoms with Crippen LogP contribution in [0.15, 0.2) is 58.5 Å². The summed E-state index contributed by atoms with van der Waals surface area (Å²) >= 11 is 1.58. The Balaban J connectivity index is 1.47. The van der Waals surface area contributed by atoms with E-state index in [-0.39, 0.29) is 17.8 Å². The van der Waals surface area contributed by atoms with Crippen molar-refractivity contribution in [3.63, 3.8) is 0 Å². The van der Waals surface area contributed by atoms with Gasteiger partial charge in [0.25, 0.3) is 0 Å². The summed E-state index contributed by atoms with van der Waals surface area (Å²) in [5.41, 5.74) is 3.12. The van der Waals surface area contributed by atoms with Gasteiger partial charge in [0.15, 0.2) is 16.4 Å². The zero-order valence-electron chi connectivity index (χ0n) is 23.4. The molecule has 9 heteroatoms. The molecule has 3 heterocycles. The molecule has 40 heavy (non-hydrogen) atoms. The number of aromatic nitrogens is 2. The van der Waals surface area contributed by atoms with Crippen molar-refractivity contribution in [1.29, 1.82) is 0 Å². The Morgan fingerprint density at radius 1 is 1.07 bits per heavy atom. The third kappa shape index (κ3) is 5.47. The molecule has 0 spiro atoms. The molecule has 3 aromatic heterocycles. The highest BCUT2D eigenvalue weighted by Crippen LogP contribution is 2.34. The minimum absolute atomic E-state index is 0.0282.